The molecule has 0 fully saturated rings. The maximum Gasteiger partial charge on any atom is 0.256 e. The summed E-state index contributed by atoms with van der Waals surface area (Å²) in [6.45, 7) is 1.31. The summed E-state index contributed by atoms with van der Waals surface area (Å²) in [7, 11) is 3.44. The second-order valence-electron chi connectivity index (χ2n) is 5.14. The van der Waals surface area contributed by atoms with Crippen LogP contribution in [-0.4, -0.2) is 53.0 Å². The lowest BCUT2D eigenvalue weighted by Gasteiger charge is -2.25. The van der Waals surface area contributed by atoms with Gasteiger partial charge in [-0.1, -0.05) is 0 Å². The number of fused-ring (bicyclic) bond motifs is 1. The third-order valence-corrected chi connectivity index (χ3v) is 3.74. The highest BCUT2D eigenvalue weighted by Crippen LogP contribution is 2.29. The maximum absolute atomic E-state index is 12.2. The first-order valence-electron chi connectivity index (χ1n) is 6.64. The van der Waals surface area contributed by atoms with Crippen molar-refractivity contribution >= 4 is 23.4 Å². The highest BCUT2D eigenvalue weighted by atomic mass is 35.5. The van der Waals surface area contributed by atoms with Crippen LogP contribution in [-0.2, 0) is 11.3 Å². The largest absolute Gasteiger partial charge is 0.354 e. The van der Waals surface area contributed by atoms with Crippen LogP contribution in [0.4, 0.5) is 0 Å². The molecule has 7 heteroatoms. The van der Waals surface area contributed by atoms with Gasteiger partial charge in [0, 0.05) is 33.1 Å². The van der Waals surface area contributed by atoms with E-state index < -0.39 is 0 Å². The van der Waals surface area contributed by atoms with Crippen LogP contribution in [0.1, 0.15) is 34.8 Å². The van der Waals surface area contributed by atoms with Gasteiger partial charge in [0.05, 0.1) is 17.5 Å². The second-order valence-corrected chi connectivity index (χ2v) is 5.41. The fraction of sp³-hybridized carbons (Fsp3) is 0.615. The summed E-state index contributed by atoms with van der Waals surface area (Å²) in [4.78, 5) is 25.0. The maximum atomic E-state index is 12.2. The van der Waals surface area contributed by atoms with Gasteiger partial charge in [-0.3, -0.25) is 14.3 Å². The molecule has 0 spiro atoms. The lowest BCUT2D eigenvalue weighted by atomic mass is 9.93. The lowest BCUT2D eigenvalue weighted by molar-refractivity contribution is -0.118. The number of rotatable bonds is 4. The summed E-state index contributed by atoms with van der Waals surface area (Å²) in [5.74, 6) is -0.182. The molecule has 1 aromatic heterocycles. The molecule has 0 aromatic carbocycles. The van der Waals surface area contributed by atoms with Gasteiger partial charge in [-0.2, -0.15) is 5.10 Å². The number of nitrogens with zero attached hydrogens (tertiary/aromatic N) is 3. The zero-order valence-corrected chi connectivity index (χ0v) is 12.5. The van der Waals surface area contributed by atoms with Gasteiger partial charge in [-0.25, -0.2) is 0 Å². The standard InChI is InChI=1S/C13H19ClN4O2/c1-17(2)13(20)10-8-16-18-5-3-4-9(12(10)18)7-15-11(19)6-14/h8-9H,3-7H2,1-2H3,(H,15,19). The molecule has 1 aromatic rings. The molecule has 2 heterocycles. The van der Waals surface area contributed by atoms with Gasteiger partial charge in [-0.05, 0) is 12.8 Å². The van der Waals surface area contributed by atoms with E-state index in [0.29, 0.717) is 12.1 Å². The predicted octanol–water partition coefficient (Wildman–Crippen LogP) is 0.817. The number of alkyl halides is 1. The number of carbonyl (C=O) groups is 2. The summed E-state index contributed by atoms with van der Waals surface area (Å²) in [6.07, 6.45) is 3.55. The molecule has 6 nitrogen and oxygen atoms in total. The van der Waals surface area contributed by atoms with Crippen LogP contribution in [0.5, 0.6) is 0 Å². The van der Waals surface area contributed by atoms with E-state index in [-0.39, 0.29) is 23.6 Å². The number of hydrogen-bond acceptors (Lipinski definition) is 3. The molecule has 0 saturated heterocycles. The van der Waals surface area contributed by atoms with Gasteiger partial charge in [-0.15, -0.1) is 11.6 Å². The normalized spacial score (nSPS) is 17.4. The molecule has 1 N–H and O–H groups in total. The number of hydrogen-bond donors (Lipinski definition) is 1. The Morgan fingerprint density at radius 1 is 1.55 bits per heavy atom. The number of amides is 2. The minimum absolute atomic E-state index is 0.0462. The van der Waals surface area contributed by atoms with E-state index in [1.807, 2.05) is 4.68 Å². The van der Waals surface area contributed by atoms with Crippen LogP contribution in [0.2, 0.25) is 0 Å². The molecule has 0 saturated carbocycles. The Bertz CT molecular complexity index is 512. The third kappa shape index (κ3) is 2.95. The molecule has 0 radical (unpaired) electrons. The fourth-order valence-electron chi connectivity index (χ4n) is 2.52. The molecular formula is C13H19ClN4O2. The van der Waals surface area contributed by atoms with Crippen molar-refractivity contribution in [3.8, 4) is 0 Å². The average Bonchev–Trinajstić information content (AvgIpc) is 2.88. The van der Waals surface area contributed by atoms with Crippen molar-refractivity contribution in [2.75, 3.05) is 26.5 Å². The Labute approximate surface area is 123 Å². The van der Waals surface area contributed by atoms with Crippen molar-refractivity contribution < 1.29 is 9.59 Å². The summed E-state index contributed by atoms with van der Waals surface area (Å²) in [5.41, 5.74) is 1.55. The van der Waals surface area contributed by atoms with Gasteiger partial charge in [0.1, 0.15) is 5.88 Å². The van der Waals surface area contributed by atoms with E-state index in [1.165, 1.54) is 0 Å². The summed E-state index contributed by atoms with van der Waals surface area (Å²) >= 11 is 5.48. The third-order valence-electron chi connectivity index (χ3n) is 3.49. The zero-order valence-electron chi connectivity index (χ0n) is 11.7. The van der Waals surface area contributed by atoms with Gasteiger partial charge in [0.15, 0.2) is 0 Å². The first-order chi connectivity index (χ1) is 9.54. The lowest BCUT2D eigenvalue weighted by Crippen LogP contribution is -2.33. The first-order valence-corrected chi connectivity index (χ1v) is 7.18. The second kappa shape index (κ2) is 6.26. The van der Waals surface area contributed by atoms with Gasteiger partial charge >= 0.3 is 0 Å². The number of aromatic nitrogens is 2. The number of carbonyl (C=O) groups excluding carboxylic acids is 2. The fourth-order valence-corrected chi connectivity index (χ4v) is 2.61. The van der Waals surface area contributed by atoms with Gasteiger partial charge in [0.25, 0.3) is 5.91 Å². The summed E-state index contributed by atoms with van der Waals surface area (Å²) in [6, 6.07) is 0. The van der Waals surface area contributed by atoms with Crippen LogP contribution < -0.4 is 5.32 Å². The van der Waals surface area contributed by atoms with Crippen LogP contribution in [0, 0.1) is 0 Å². The van der Waals surface area contributed by atoms with E-state index in [9.17, 15) is 9.59 Å². The summed E-state index contributed by atoms with van der Waals surface area (Å²) < 4.78 is 1.87. The average molecular weight is 299 g/mol. The minimum atomic E-state index is -0.191. The van der Waals surface area contributed by atoms with Crippen LogP contribution in [0.3, 0.4) is 0 Å². The topological polar surface area (TPSA) is 67.2 Å². The van der Waals surface area contributed by atoms with Crippen LogP contribution in [0.25, 0.3) is 0 Å². The molecule has 2 amide bonds. The Morgan fingerprint density at radius 2 is 2.30 bits per heavy atom. The van der Waals surface area contributed by atoms with Gasteiger partial charge in [0.2, 0.25) is 5.91 Å². The quantitative estimate of drug-likeness (QED) is 0.837. The number of halogens is 1. The monoisotopic (exact) mass is 298 g/mol. The van der Waals surface area contributed by atoms with E-state index in [4.69, 9.17) is 11.6 Å². The van der Waals surface area contributed by atoms with Crippen LogP contribution >= 0.6 is 11.6 Å². The highest BCUT2D eigenvalue weighted by molar-refractivity contribution is 6.27. The molecule has 20 heavy (non-hydrogen) atoms. The molecule has 1 aliphatic heterocycles. The van der Waals surface area contributed by atoms with Crippen molar-refractivity contribution in [1.82, 2.24) is 20.0 Å². The molecule has 1 unspecified atom stereocenters. The van der Waals surface area contributed by atoms with Crippen molar-refractivity contribution in [3.05, 3.63) is 17.5 Å². The molecule has 1 aliphatic rings. The van der Waals surface area contributed by atoms with Gasteiger partial charge < -0.3 is 10.2 Å². The SMILES string of the molecule is CN(C)C(=O)c1cnn2c1C(CNC(=O)CCl)CCC2. The highest BCUT2D eigenvalue weighted by Gasteiger charge is 2.28. The van der Waals surface area contributed by atoms with Crippen molar-refractivity contribution in [2.45, 2.75) is 25.3 Å². The smallest absolute Gasteiger partial charge is 0.256 e. The molecule has 1 atom stereocenters. The Balaban J connectivity index is 2.22. The molecular weight excluding hydrogens is 280 g/mol. The van der Waals surface area contributed by atoms with Crippen molar-refractivity contribution in [1.29, 1.82) is 0 Å². The molecule has 0 bridgehead atoms. The number of aryl methyl sites for hydroxylation is 1. The van der Waals surface area contributed by atoms with Crippen LogP contribution in [0.15, 0.2) is 6.20 Å². The van der Waals surface area contributed by atoms with E-state index in [2.05, 4.69) is 10.4 Å². The van der Waals surface area contributed by atoms with Crippen molar-refractivity contribution in [3.63, 3.8) is 0 Å². The number of nitrogens with one attached hydrogen (secondary N) is 1. The minimum Gasteiger partial charge on any atom is -0.354 e. The Hall–Kier alpha value is -1.56. The van der Waals surface area contributed by atoms with E-state index in [0.717, 1.165) is 25.1 Å². The molecule has 0 aliphatic carbocycles. The Kier molecular flexibility index (Phi) is 4.65. The zero-order chi connectivity index (χ0) is 14.7. The van der Waals surface area contributed by atoms with E-state index in [1.54, 1.807) is 25.2 Å². The Morgan fingerprint density at radius 3 is 2.95 bits per heavy atom. The summed E-state index contributed by atoms with van der Waals surface area (Å²) in [5, 5.41) is 7.08. The molecule has 110 valence electrons. The first kappa shape index (κ1) is 14.8. The van der Waals surface area contributed by atoms with Crippen molar-refractivity contribution in [2.24, 2.45) is 0 Å². The molecule has 2 rings (SSSR count). The van der Waals surface area contributed by atoms with E-state index >= 15 is 0 Å². The predicted molar refractivity (Wildman–Crippen MR) is 75.9 cm³/mol.